The molecule has 2 aromatic rings. The lowest BCUT2D eigenvalue weighted by molar-refractivity contribution is 0.0679. The molecule has 1 saturated heterocycles. The number of hydrogen-bond acceptors (Lipinski definition) is 4. The van der Waals surface area contributed by atoms with Crippen molar-refractivity contribution in [2.75, 3.05) is 37.5 Å². The van der Waals surface area contributed by atoms with Crippen molar-refractivity contribution in [3.8, 4) is 5.75 Å². The van der Waals surface area contributed by atoms with Crippen molar-refractivity contribution in [1.29, 1.82) is 0 Å². The van der Waals surface area contributed by atoms with Crippen LogP contribution in [0.4, 0.5) is 11.4 Å². The minimum absolute atomic E-state index is 0.172. The van der Waals surface area contributed by atoms with Gasteiger partial charge in [-0.3, -0.25) is 4.79 Å². The highest BCUT2D eigenvalue weighted by molar-refractivity contribution is 6.34. The van der Waals surface area contributed by atoms with Crippen molar-refractivity contribution in [2.45, 2.75) is 18.9 Å². The van der Waals surface area contributed by atoms with Gasteiger partial charge >= 0.3 is 0 Å². The number of nitrogens with one attached hydrogen (secondary N) is 1. The Bertz CT molecular complexity index is 756. The smallest absolute Gasteiger partial charge is 0.255 e. The van der Waals surface area contributed by atoms with E-state index in [1.54, 1.807) is 30.3 Å². The van der Waals surface area contributed by atoms with E-state index in [4.69, 9.17) is 21.1 Å². The number of para-hydroxylation sites is 1. The van der Waals surface area contributed by atoms with Crippen molar-refractivity contribution in [2.24, 2.45) is 0 Å². The van der Waals surface area contributed by atoms with Gasteiger partial charge < -0.3 is 19.7 Å². The average Bonchev–Trinajstić information content (AvgIpc) is 3.13. The van der Waals surface area contributed by atoms with E-state index < -0.39 is 0 Å². The van der Waals surface area contributed by atoms with Gasteiger partial charge in [-0.25, -0.2) is 0 Å². The maximum atomic E-state index is 12.5. The van der Waals surface area contributed by atoms with E-state index in [-0.39, 0.29) is 12.0 Å². The molecule has 1 heterocycles. The van der Waals surface area contributed by atoms with Crippen LogP contribution in [0.25, 0.3) is 0 Å². The lowest BCUT2D eigenvalue weighted by Crippen LogP contribution is -2.17. The molecule has 0 aliphatic carbocycles. The summed E-state index contributed by atoms with van der Waals surface area (Å²) in [5.41, 5.74) is 2.00. The number of anilines is 2. The summed E-state index contributed by atoms with van der Waals surface area (Å²) < 4.78 is 11.3. The zero-order valence-corrected chi connectivity index (χ0v) is 15.8. The Kier molecular flexibility index (Phi) is 6.01. The van der Waals surface area contributed by atoms with Gasteiger partial charge in [-0.05, 0) is 49.2 Å². The number of carbonyl (C=O) groups is 1. The van der Waals surface area contributed by atoms with Crippen LogP contribution < -0.4 is 15.0 Å². The van der Waals surface area contributed by atoms with Crippen molar-refractivity contribution >= 4 is 28.9 Å². The second-order valence-electron chi connectivity index (χ2n) is 6.45. The highest BCUT2D eigenvalue weighted by Gasteiger charge is 2.16. The summed E-state index contributed by atoms with van der Waals surface area (Å²) >= 11 is 6.24. The predicted octanol–water partition coefficient (Wildman–Crippen LogP) is 4.22. The third-order valence-electron chi connectivity index (χ3n) is 4.26. The molecule has 0 aromatic heterocycles. The van der Waals surface area contributed by atoms with E-state index in [1.165, 1.54) is 0 Å². The van der Waals surface area contributed by atoms with Crippen LogP contribution in [0.2, 0.25) is 5.02 Å². The summed E-state index contributed by atoms with van der Waals surface area (Å²) in [6.07, 6.45) is 2.30. The first kappa shape index (κ1) is 18.5. The largest absolute Gasteiger partial charge is 0.491 e. The summed E-state index contributed by atoms with van der Waals surface area (Å²) in [7, 11) is 3.77. The van der Waals surface area contributed by atoms with Crippen molar-refractivity contribution in [1.82, 2.24) is 0 Å². The molecular formula is C20H23ClN2O3. The number of rotatable bonds is 6. The normalized spacial score (nSPS) is 16.3. The number of amides is 1. The SMILES string of the molecule is CN(C)c1c(Cl)cccc1NC(=O)c1ccc(OCC2CCCO2)cc1. The van der Waals surface area contributed by atoms with E-state index in [0.717, 1.165) is 30.9 Å². The number of nitrogens with zero attached hydrogens (tertiary/aromatic N) is 1. The van der Waals surface area contributed by atoms with Gasteiger partial charge in [0.15, 0.2) is 0 Å². The van der Waals surface area contributed by atoms with Gasteiger partial charge in [0.1, 0.15) is 12.4 Å². The number of carbonyl (C=O) groups excluding carboxylic acids is 1. The van der Waals surface area contributed by atoms with Crippen LogP contribution in [0, 0.1) is 0 Å². The van der Waals surface area contributed by atoms with Crippen LogP contribution >= 0.6 is 11.6 Å². The van der Waals surface area contributed by atoms with Crippen LogP contribution in [0.1, 0.15) is 23.2 Å². The van der Waals surface area contributed by atoms with Crippen molar-refractivity contribution < 1.29 is 14.3 Å². The lowest BCUT2D eigenvalue weighted by atomic mass is 10.2. The molecule has 1 fully saturated rings. The number of halogens is 1. The predicted molar refractivity (Wildman–Crippen MR) is 105 cm³/mol. The molecule has 2 aromatic carbocycles. The van der Waals surface area contributed by atoms with E-state index in [1.807, 2.05) is 31.1 Å². The summed E-state index contributed by atoms with van der Waals surface area (Å²) in [5.74, 6) is 0.537. The van der Waals surface area contributed by atoms with Gasteiger partial charge in [0.05, 0.1) is 22.5 Å². The average molecular weight is 375 g/mol. The fourth-order valence-corrected chi connectivity index (χ4v) is 3.28. The zero-order valence-electron chi connectivity index (χ0n) is 15.0. The molecule has 6 heteroatoms. The molecule has 5 nitrogen and oxygen atoms in total. The van der Waals surface area contributed by atoms with Gasteiger partial charge in [0, 0.05) is 26.3 Å². The Labute approximate surface area is 158 Å². The summed E-state index contributed by atoms with van der Waals surface area (Å²) in [6, 6.07) is 12.5. The molecule has 0 bridgehead atoms. The fourth-order valence-electron chi connectivity index (χ4n) is 2.93. The molecule has 1 aliphatic heterocycles. The molecule has 1 unspecified atom stereocenters. The maximum Gasteiger partial charge on any atom is 0.255 e. The summed E-state index contributed by atoms with van der Waals surface area (Å²) in [5, 5.41) is 3.51. The Morgan fingerprint density at radius 1 is 1.27 bits per heavy atom. The molecule has 1 atom stereocenters. The Hall–Kier alpha value is -2.24. The number of ether oxygens (including phenoxy) is 2. The minimum Gasteiger partial charge on any atom is -0.491 e. The van der Waals surface area contributed by atoms with Crippen molar-refractivity contribution in [3.05, 3.63) is 53.1 Å². The topological polar surface area (TPSA) is 50.8 Å². The van der Waals surface area contributed by atoms with Gasteiger partial charge in [-0.2, -0.15) is 0 Å². The van der Waals surface area contributed by atoms with Crippen LogP contribution in [0.3, 0.4) is 0 Å². The summed E-state index contributed by atoms with van der Waals surface area (Å²) in [4.78, 5) is 14.4. The van der Waals surface area contributed by atoms with Crippen molar-refractivity contribution in [3.63, 3.8) is 0 Å². The molecule has 1 amide bonds. The Balaban J connectivity index is 1.64. The third kappa shape index (κ3) is 4.48. The number of benzene rings is 2. The van der Waals surface area contributed by atoms with Crippen LogP contribution in [-0.4, -0.2) is 39.3 Å². The lowest BCUT2D eigenvalue weighted by Gasteiger charge is -2.19. The highest BCUT2D eigenvalue weighted by atomic mass is 35.5. The highest BCUT2D eigenvalue weighted by Crippen LogP contribution is 2.32. The van der Waals surface area contributed by atoms with Gasteiger partial charge in [0.2, 0.25) is 0 Å². The molecule has 26 heavy (non-hydrogen) atoms. The van der Waals surface area contributed by atoms with E-state index in [0.29, 0.717) is 22.9 Å². The Morgan fingerprint density at radius 3 is 2.69 bits per heavy atom. The number of hydrogen-bond donors (Lipinski definition) is 1. The molecule has 3 rings (SSSR count). The quantitative estimate of drug-likeness (QED) is 0.822. The standard InChI is InChI=1S/C20H23ClN2O3/c1-23(2)19-17(21)6-3-7-18(19)22-20(24)14-8-10-15(11-9-14)26-13-16-5-4-12-25-16/h3,6-11,16H,4-5,12-13H2,1-2H3,(H,22,24). The molecular weight excluding hydrogens is 352 g/mol. The molecule has 0 spiro atoms. The van der Waals surface area contributed by atoms with E-state index in [2.05, 4.69) is 5.32 Å². The van der Waals surface area contributed by atoms with E-state index in [9.17, 15) is 4.79 Å². The van der Waals surface area contributed by atoms with Gasteiger partial charge in [-0.15, -0.1) is 0 Å². The zero-order chi connectivity index (χ0) is 18.5. The second-order valence-corrected chi connectivity index (χ2v) is 6.86. The fraction of sp³-hybridized carbons (Fsp3) is 0.350. The van der Waals surface area contributed by atoms with E-state index >= 15 is 0 Å². The third-order valence-corrected chi connectivity index (χ3v) is 4.56. The first-order valence-corrected chi connectivity index (χ1v) is 9.04. The van der Waals surface area contributed by atoms with Gasteiger partial charge in [0.25, 0.3) is 5.91 Å². The van der Waals surface area contributed by atoms with Crippen LogP contribution in [0.5, 0.6) is 5.75 Å². The second kappa shape index (κ2) is 8.43. The molecule has 138 valence electrons. The van der Waals surface area contributed by atoms with Crippen LogP contribution in [-0.2, 0) is 4.74 Å². The van der Waals surface area contributed by atoms with Crippen LogP contribution in [0.15, 0.2) is 42.5 Å². The minimum atomic E-state index is -0.193. The molecule has 1 N–H and O–H groups in total. The molecule has 0 saturated carbocycles. The van der Waals surface area contributed by atoms with Gasteiger partial charge in [-0.1, -0.05) is 17.7 Å². The molecule has 1 aliphatic rings. The maximum absolute atomic E-state index is 12.5. The first-order valence-electron chi connectivity index (χ1n) is 8.66. The monoisotopic (exact) mass is 374 g/mol. The summed E-state index contributed by atoms with van der Waals surface area (Å²) in [6.45, 7) is 1.35. The molecule has 0 radical (unpaired) electrons. The first-order chi connectivity index (χ1) is 12.5. The Morgan fingerprint density at radius 2 is 2.04 bits per heavy atom.